The molecule has 2 aromatic heterocycles. The van der Waals surface area contributed by atoms with Crippen molar-refractivity contribution in [2.24, 2.45) is 5.73 Å². The summed E-state index contributed by atoms with van der Waals surface area (Å²) in [6, 6.07) is 17.1. The molecule has 0 unspecified atom stereocenters. The van der Waals surface area contributed by atoms with Gasteiger partial charge in [-0.2, -0.15) is 5.10 Å². The van der Waals surface area contributed by atoms with Gasteiger partial charge in [-0.05, 0) is 54.3 Å². The third-order valence-corrected chi connectivity index (χ3v) is 6.33. The van der Waals surface area contributed by atoms with E-state index in [4.69, 9.17) is 15.6 Å². The Bertz CT molecular complexity index is 1480. The number of hydrogen-bond donors (Lipinski definition) is 3. The maximum absolute atomic E-state index is 12.6. The van der Waals surface area contributed by atoms with E-state index < -0.39 is 5.91 Å². The van der Waals surface area contributed by atoms with E-state index in [2.05, 4.69) is 21.7 Å². The summed E-state index contributed by atoms with van der Waals surface area (Å²) in [4.78, 5) is 29.2. The van der Waals surface area contributed by atoms with Gasteiger partial charge in [0.25, 0.3) is 11.8 Å². The van der Waals surface area contributed by atoms with Crippen molar-refractivity contribution in [1.29, 1.82) is 0 Å². The number of carbonyl (C=O) groups is 2. The molecule has 9 heteroatoms. The number of rotatable bonds is 6. The van der Waals surface area contributed by atoms with Crippen molar-refractivity contribution in [1.82, 2.24) is 20.1 Å². The number of hydrogen-bond acceptors (Lipinski definition) is 6. The molecule has 0 fully saturated rings. The fourth-order valence-electron chi connectivity index (χ4n) is 4.44. The molecule has 1 aliphatic heterocycles. The van der Waals surface area contributed by atoms with Crippen molar-refractivity contribution < 1.29 is 14.3 Å². The molecule has 36 heavy (non-hydrogen) atoms. The van der Waals surface area contributed by atoms with Crippen LogP contribution >= 0.6 is 0 Å². The van der Waals surface area contributed by atoms with Gasteiger partial charge in [-0.15, -0.1) is 0 Å². The first-order valence-electron chi connectivity index (χ1n) is 11.6. The van der Waals surface area contributed by atoms with Gasteiger partial charge in [0.05, 0.1) is 7.11 Å². The van der Waals surface area contributed by atoms with E-state index in [-0.39, 0.29) is 11.8 Å². The van der Waals surface area contributed by atoms with Crippen molar-refractivity contribution in [3.63, 3.8) is 0 Å². The van der Waals surface area contributed by atoms with Gasteiger partial charge in [0.2, 0.25) is 5.88 Å². The zero-order chi connectivity index (χ0) is 25.2. The number of methoxy groups -OCH3 is 1. The summed E-state index contributed by atoms with van der Waals surface area (Å²) in [5, 5.41) is 11.0. The molecule has 2 amide bonds. The number of pyridine rings is 1. The van der Waals surface area contributed by atoms with Crippen molar-refractivity contribution in [2.75, 3.05) is 12.4 Å². The number of carbonyl (C=O) groups excluding carboxylic acids is 2. The minimum atomic E-state index is -0.544. The van der Waals surface area contributed by atoms with Gasteiger partial charge in [-0.25, -0.2) is 9.67 Å². The minimum Gasteiger partial charge on any atom is -0.480 e. The van der Waals surface area contributed by atoms with Crippen molar-refractivity contribution in [3.05, 3.63) is 88.6 Å². The number of nitrogens with zero attached hydrogens (tertiary/aromatic N) is 3. The summed E-state index contributed by atoms with van der Waals surface area (Å²) in [5.41, 5.74) is 11.8. The van der Waals surface area contributed by atoms with Gasteiger partial charge >= 0.3 is 0 Å². The summed E-state index contributed by atoms with van der Waals surface area (Å²) in [5.74, 6) is 0.0554. The number of benzene rings is 2. The molecule has 4 N–H and O–H groups in total. The number of nitrogens with one attached hydrogen (secondary N) is 2. The molecule has 0 saturated heterocycles. The molecule has 1 aliphatic rings. The molecule has 0 aliphatic carbocycles. The largest absolute Gasteiger partial charge is 0.480 e. The molecule has 0 saturated carbocycles. The molecule has 0 bridgehead atoms. The SMILES string of the molecule is COc1ncccc1C(=O)NCc1ccc(-c2nn3c(c2C(N)=O)Nc2ccccc2CC3)cc1C. The first kappa shape index (κ1) is 23.1. The predicted molar refractivity (Wildman–Crippen MR) is 136 cm³/mol. The predicted octanol–water partition coefficient (Wildman–Crippen LogP) is 3.59. The zero-order valence-electron chi connectivity index (χ0n) is 20.0. The molecule has 4 aromatic rings. The molecule has 9 nitrogen and oxygen atoms in total. The molecule has 0 spiro atoms. The van der Waals surface area contributed by atoms with E-state index >= 15 is 0 Å². The number of anilines is 2. The Kier molecular flexibility index (Phi) is 6.12. The average molecular weight is 483 g/mol. The van der Waals surface area contributed by atoms with E-state index in [1.807, 2.05) is 43.3 Å². The smallest absolute Gasteiger partial charge is 0.257 e. The fraction of sp³-hybridized carbons (Fsp3) is 0.185. The van der Waals surface area contributed by atoms with Crippen LogP contribution < -0.4 is 21.1 Å². The number of primary amides is 1. The van der Waals surface area contributed by atoms with E-state index in [0.717, 1.165) is 34.4 Å². The Balaban J connectivity index is 1.41. The summed E-state index contributed by atoms with van der Waals surface area (Å²) in [7, 11) is 1.48. The quantitative estimate of drug-likeness (QED) is 0.386. The lowest BCUT2D eigenvalue weighted by atomic mass is 10.0. The summed E-state index contributed by atoms with van der Waals surface area (Å²) >= 11 is 0. The van der Waals surface area contributed by atoms with Crippen LogP contribution in [0.25, 0.3) is 11.3 Å². The second-order valence-electron chi connectivity index (χ2n) is 8.58. The minimum absolute atomic E-state index is 0.274. The van der Waals surface area contributed by atoms with Crippen LogP contribution in [0.4, 0.5) is 11.5 Å². The highest BCUT2D eigenvalue weighted by molar-refractivity contribution is 6.04. The molecule has 0 atom stereocenters. The number of amides is 2. The third-order valence-electron chi connectivity index (χ3n) is 6.33. The fourth-order valence-corrected chi connectivity index (χ4v) is 4.44. The normalized spacial score (nSPS) is 12.1. The van der Waals surface area contributed by atoms with Crippen LogP contribution in [0.2, 0.25) is 0 Å². The highest BCUT2D eigenvalue weighted by atomic mass is 16.5. The van der Waals surface area contributed by atoms with Gasteiger partial charge in [0.1, 0.15) is 22.6 Å². The van der Waals surface area contributed by atoms with Gasteiger partial charge in [-0.3, -0.25) is 9.59 Å². The summed E-state index contributed by atoms with van der Waals surface area (Å²) in [6.45, 7) is 2.90. The van der Waals surface area contributed by atoms with Crippen molar-refractivity contribution >= 4 is 23.3 Å². The van der Waals surface area contributed by atoms with Gasteiger partial charge in [-0.1, -0.05) is 30.3 Å². The lowest BCUT2D eigenvalue weighted by Crippen LogP contribution is -2.24. The number of nitrogens with two attached hydrogens (primary N) is 1. The number of para-hydroxylation sites is 1. The van der Waals surface area contributed by atoms with Crippen LogP contribution in [0.5, 0.6) is 5.88 Å². The van der Waals surface area contributed by atoms with E-state index in [0.29, 0.717) is 35.7 Å². The first-order chi connectivity index (χ1) is 17.5. The molecule has 0 radical (unpaired) electrons. The maximum atomic E-state index is 12.6. The van der Waals surface area contributed by atoms with Gasteiger partial charge in [0.15, 0.2) is 0 Å². The standard InChI is InChI=1S/C27H26N6O3/c1-16-14-18(9-10-19(16)15-30-26(35)20-7-5-12-29-27(20)36-2)23-22(24(28)34)25-31-21-8-4-3-6-17(21)11-13-33(25)32-23/h3-10,12,14,31H,11,13,15H2,1-2H3,(H2,28,34)(H,30,35). The van der Waals surface area contributed by atoms with Crippen LogP contribution in [-0.2, 0) is 19.5 Å². The Morgan fingerprint density at radius 2 is 2.00 bits per heavy atom. The van der Waals surface area contributed by atoms with Gasteiger partial charge in [0, 0.05) is 30.5 Å². The molecule has 2 aromatic carbocycles. The van der Waals surface area contributed by atoms with Crippen molar-refractivity contribution in [2.45, 2.75) is 26.4 Å². The van der Waals surface area contributed by atoms with E-state index in [9.17, 15) is 9.59 Å². The summed E-state index contributed by atoms with van der Waals surface area (Å²) in [6.07, 6.45) is 2.36. The lowest BCUT2D eigenvalue weighted by Gasteiger charge is -2.11. The molecule has 182 valence electrons. The highest BCUT2D eigenvalue weighted by Crippen LogP contribution is 2.34. The Morgan fingerprint density at radius 3 is 2.78 bits per heavy atom. The van der Waals surface area contributed by atoms with Crippen LogP contribution in [0.1, 0.15) is 37.4 Å². The number of ether oxygens (including phenoxy) is 1. The first-order valence-corrected chi connectivity index (χ1v) is 11.6. The zero-order valence-corrected chi connectivity index (χ0v) is 20.0. The van der Waals surface area contributed by atoms with Crippen LogP contribution in [0.3, 0.4) is 0 Å². The van der Waals surface area contributed by atoms with Crippen LogP contribution in [0, 0.1) is 6.92 Å². The monoisotopic (exact) mass is 482 g/mol. The molecular weight excluding hydrogens is 456 g/mol. The van der Waals surface area contributed by atoms with Crippen LogP contribution in [-0.4, -0.2) is 33.7 Å². The average Bonchev–Trinajstić information content (AvgIpc) is 3.15. The number of aromatic nitrogens is 3. The Hall–Kier alpha value is -4.66. The van der Waals surface area contributed by atoms with E-state index in [1.165, 1.54) is 7.11 Å². The molecular formula is C27H26N6O3. The Labute approximate surface area is 208 Å². The highest BCUT2D eigenvalue weighted by Gasteiger charge is 2.26. The maximum Gasteiger partial charge on any atom is 0.257 e. The third kappa shape index (κ3) is 4.26. The van der Waals surface area contributed by atoms with E-state index in [1.54, 1.807) is 23.0 Å². The molecule has 3 heterocycles. The van der Waals surface area contributed by atoms with Gasteiger partial charge < -0.3 is 21.1 Å². The Morgan fingerprint density at radius 1 is 1.17 bits per heavy atom. The molecule has 5 rings (SSSR count). The van der Waals surface area contributed by atoms with Crippen molar-refractivity contribution in [3.8, 4) is 17.1 Å². The second-order valence-corrected chi connectivity index (χ2v) is 8.58. The number of aryl methyl sites for hydroxylation is 3. The topological polar surface area (TPSA) is 124 Å². The second kappa shape index (κ2) is 9.53. The number of fused-ring (bicyclic) bond motifs is 2. The lowest BCUT2D eigenvalue weighted by molar-refractivity contribution is 0.0945. The van der Waals surface area contributed by atoms with Crippen LogP contribution in [0.15, 0.2) is 60.8 Å². The summed E-state index contributed by atoms with van der Waals surface area (Å²) < 4.78 is 6.98.